The molecule has 1 saturated heterocycles. The lowest BCUT2D eigenvalue weighted by Crippen LogP contribution is -2.35. The van der Waals surface area contributed by atoms with E-state index in [-0.39, 0.29) is 11.8 Å². The number of carbonyl (C=O) groups excluding carboxylic acids is 2. The molecule has 0 spiro atoms. The van der Waals surface area contributed by atoms with Crippen LogP contribution in [0.15, 0.2) is 18.2 Å². The number of rotatable bonds is 5. The van der Waals surface area contributed by atoms with Gasteiger partial charge < -0.3 is 16.0 Å². The quantitative estimate of drug-likeness (QED) is 0.876. The van der Waals surface area contributed by atoms with Crippen molar-refractivity contribution in [2.75, 3.05) is 18.4 Å². The molecule has 1 atom stereocenters. The number of nitrogens with one attached hydrogen (secondary N) is 1. The number of anilines is 1. The molecule has 1 heterocycles. The lowest BCUT2D eigenvalue weighted by Gasteiger charge is -2.17. The fourth-order valence-electron chi connectivity index (χ4n) is 2.71. The molecule has 22 heavy (non-hydrogen) atoms. The molecule has 2 amide bonds. The van der Waals surface area contributed by atoms with Gasteiger partial charge in [-0.3, -0.25) is 9.59 Å². The molecule has 1 aromatic rings. The highest BCUT2D eigenvalue weighted by atomic mass is 16.2. The fourth-order valence-corrected chi connectivity index (χ4v) is 2.71. The first-order valence-corrected chi connectivity index (χ1v) is 7.99. The van der Waals surface area contributed by atoms with Gasteiger partial charge in [0, 0.05) is 24.3 Å². The molecule has 120 valence electrons. The molecule has 1 aromatic carbocycles. The Morgan fingerprint density at radius 3 is 2.59 bits per heavy atom. The van der Waals surface area contributed by atoms with Crippen LogP contribution in [0.25, 0.3) is 0 Å². The van der Waals surface area contributed by atoms with Crippen molar-refractivity contribution < 1.29 is 9.59 Å². The number of amides is 2. The average Bonchev–Trinajstić information content (AvgIpc) is 3.03. The number of hydrogen-bond acceptors (Lipinski definition) is 3. The molecule has 0 saturated carbocycles. The number of benzene rings is 1. The largest absolute Gasteiger partial charge is 0.339 e. The highest BCUT2D eigenvalue weighted by Gasteiger charge is 2.20. The van der Waals surface area contributed by atoms with Gasteiger partial charge in [0.25, 0.3) is 5.91 Å². The van der Waals surface area contributed by atoms with E-state index in [9.17, 15) is 9.59 Å². The first-order chi connectivity index (χ1) is 10.5. The SMILES string of the molecule is CCCC(N)C(=O)Nc1ccc(C(=O)N2CCCC2)cc1C. The maximum atomic E-state index is 12.3. The van der Waals surface area contributed by atoms with Gasteiger partial charge in [0.05, 0.1) is 6.04 Å². The van der Waals surface area contributed by atoms with Crippen LogP contribution in [0.4, 0.5) is 5.69 Å². The highest BCUT2D eigenvalue weighted by molar-refractivity contribution is 5.98. The third-order valence-corrected chi connectivity index (χ3v) is 4.06. The number of nitrogens with zero attached hydrogens (tertiary/aromatic N) is 1. The third-order valence-electron chi connectivity index (χ3n) is 4.06. The number of aryl methyl sites for hydroxylation is 1. The summed E-state index contributed by atoms with van der Waals surface area (Å²) in [5.41, 5.74) is 8.08. The summed E-state index contributed by atoms with van der Waals surface area (Å²) in [4.78, 5) is 26.2. The van der Waals surface area contributed by atoms with Crippen LogP contribution in [-0.4, -0.2) is 35.8 Å². The van der Waals surface area contributed by atoms with Crippen molar-refractivity contribution in [3.63, 3.8) is 0 Å². The molecule has 0 aliphatic carbocycles. The van der Waals surface area contributed by atoms with Gasteiger partial charge in [0.1, 0.15) is 0 Å². The second-order valence-corrected chi connectivity index (χ2v) is 5.91. The summed E-state index contributed by atoms with van der Waals surface area (Å²) in [5.74, 6) is -0.107. The minimum atomic E-state index is -0.490. The van der Waals surface area contributed by atoms with Gasteiger partial charge in [-0.1, -0.05) is 13.3 Å². The van der Waals surface area contributed by atoms with Crippen molar-refractivity contribution in [1.29, 1.82) is 0 Å². The Kier molecular flexibility index (Phi) is 5.55. The molecule has 3 N–H and O–H groups in total. The lowest BCUT2D eigenvalue weighted by atomic mass is 10.1. The minimum Gasteiger partial charge on any atom is -0.339 e. The predicted molar refractivity (Wildman–Crippen MR) is 87.8 cm³/mol. The topological polar surface area (TPSA) is 75.4 Å². The van der Waals surface area contributed by atoms with Crippen LogP contribution in [0.1, 0.15) is 48.5 Å². The van der Waals surface area contributed by atoms with E-state index < -0.39 is 6.04 Å². The van der Waals surface area contributed by atoms with Crippen molar-refractivity contribution in [3.8, 4) is 0 Å². The molecule has 0 bridgehead atoms. The van der Waals surface area contributed by atoms with Gasteiger partial charge in [0.2, 0.25) is 5.91 Å². The molecule has 5 heteroatoms. The number of carbonyl (C=O) groups is 2. The maximum Gasteiger partial charge on any atom is 0.253 e. The smallest absolute Gasteiger partial charge is 0.253 e. The molecule has 1 unspecified atom stereocenters. The maximum absolute atomic E-state index is 12.3. The van der Waals surface area contributed by atoms with E-state index in [4.69, 9.17) is 5.73 Å². The van der Waals surface area contributed by atoms with Crippen LogP contribution >= 0.6 is 0 Å². The Hall–Kier alpha value is -1.88. The van der Waals surface area contributed by atoms with Crippen LogP contribution < -0.4 is 11.1 Å². The minimum absolute atomic E-state index is 0.0705. The second-order valence-electron chi connectivity index (χ2n) is 5.91. The van der Waals surface area contributed by atoms with Gasteiger partial charge in [0.15, 0.2) is 0 Å². The Balaban J connectivity index is 2.06. The molecule has 2 rings (SSSR count). The van der Waals surface area contributed by atoms with Crippen molar-refractivity contribution in [2.24, 2.45) is 5.73 Å². The van der Waals surface area contributed by atoms with Crippen molar-refractivity contribution >= 4 is 17.5 Å². The Morgan fingerprint density at radius 1 is 1.32 bits per heavy atom. The third kappa shape index (κ3) is 3.85. The summed E-state index contributed by atoms with van der Waals surface area (Å²) >= 11 is 0. The van der Waals surface area contributed by atoms with Crippen LogP contribution in [0.5, 0.6) is 0 Å². The Bertz CT molecular complexity index is 551. The molecule has 5 nitrogen and oxygen atoms in total. The van der Waals surface area contributed by atoms with Gasteiger partial charge in [-0.2, -0.15) is 0 Å². The summed E-state index contributed by atoms with van der Waals surface area (Å²) in [6.07, 6.45) is 3.69. The first kappa shape index (κ1) is 16.5. The van der Waals surface area contributed by atoms with E-state index in [2.05, 4.69) is 5.32 Å². The van der Waals surface area contributed by atoms with Crippen molar-refractivity contribution in [3.05, 3.63) is 29.3 Å². The zero-order valence-electron chi connectivity index (χ0n) is 13.4. The van der Waals surface area contributed by atoms with E-state index >= 15 is 0 Å². The van der Waals surface area contributed by atoms with Crippen LogP contribution in [0.3, 0.4) is 0 Å². The highest BCUT2D eigenvalue weighted by Crippen LogP contribution is 2.20. The second kappa shape index (κ2) is 7.40. The zero-order chi connectivity index (χ0) is 16.1. The normalized spacial score (nSPS) is 15.7. The van der Waals surface area contributed by atoms with Crippen molar-refractivity contribution in [2.45, 2.75) is 45.6 Å². The van der Waals surface area contributed by atoms with E-state index in [1.165, 1.54) is 0 Å². The first-order valence-electron chi connectivity index (χ1n) is 7.99. The van der Waals surface area contributed by atoms with Gasteiger partial charge in [-0.05, 0) is 49.9 Å². The van der Waals surface area contributed by atoms with E-state index in [1.54, 1.807) is 12.1 Å². The zero-order valence-corrected chi connectivity index (χ0v) is 13.4. The molecule has 0 aromatic heterocycles. The summed E-state index contributed by atoms with van der Waals surface area (Å²) in [6.45, 7) is 5.56. The molecule has 0 radical (unpaired) electrons. The number of likely N-dealkylation sites (tertiary alicyclic amines) is 1. The summed E-state index contributed by atoms with van der Waals surface area (Å²) in [6, 6.07) is 4.90. The Labute approximate surface area is 131 Å². The van der Waals surface area contributed by atoms with Crippen LogP contribution in [0.2, 0.25) is 0 Å². The molecular formula is C17H25N3O2. The van der Waals surface area contributed by atoms with Crippen LogP contribution in [0, 0.1) is 6.92 Å². The molecule has 1 fully saturated rings. The molecular weight excluding hydrogens is 278 g/mol. The van der Waals surface area contributed by atoms with Crippen molar-refractivity contribution in [1.82, 2.24) is 4.90 Å². The standard InChI is InChI=1S/C17H25N3O2/c1-3-6-14(18)16(21)19-15-8-7-13(11-12(15)2)17(22)20-9-4-5-10-20/h7-8,11,14H,3-6,9-10,18H2,1-2H3,(H,19,21). The summed E-state index contributed by atoms with van der Waals surface area (Å²) < 4.78 is 0. The van der Waals surface area contributed by atoms with Gasteiger partial charge in [-0.25, -0.2) is 0 Å². The molecule has 1 aliphatic rings. The van der Waals surface area contributed by atoms with E-state index in [0.717, 1.165) is 43.6 Å². The number of hydrogen-bond donors (Lipinski definition) is 2. The van der Waals surface area contributed by atoms with Gasteiger partial charge >= 0.3 is 0 Å². The number of nitrogens with two attached hydrogens (primary N) is 1. The van der Waals surface area contributed by atoms with Crippen LogP contribution in [-0.2, 0) is 4.79 Å². The molecule has 1 aliphatic heterocycles. The fraction of sp³-hybridized carbons (Fsp3) is 0.529. The lowest BCUT2D eigenvalue weighted by molar-refractivity contribution is -0.117. The van der Waals surface area contributed by atoms with Gasteiger partial charge in [-0.15, -0.1) is 0 Å². The van der Waals surface area contributed by atoms with E-state index in [0.29, 0.717) is 12.0 Å². The summed E-state index contributed by atoms with van der Waals surface area (Å²) in [7, 11) is 0. The predicted octanol–water partition coefficient (Wildman–Crippen LogP) is 2.30. The van der Waals surface area contributed by atoms with E-state index in [1.807, 2.05) is 24.8 Å². The Morgan fingerprint density at radius 2 is 2.00 bits per heavy atom. The average molecular weight is 303 g/mol. The monoisotopic (exact) mass is 303 g/mol. The summed E-state index contributed by atoms with van der Waals surface area (Å²) in [5, 5.41) is 2.84.